The largest absolute Gasteiger partial charge is 0.378 e. The van der Waals surface area contributed by atoms with Gasteiger partial charge in [0.1, 0.15) is 0 Å². The van der Waals surface area contributed by atoms with Crippen molar-refractivity contribution in [1.29, 1.82) is 0 Å². The fourth-order valence-electron chi connectivity index (χ4n) is 4.60. The minimum atomic E-state index is 0.553. The van der Waals surface area contributed by atoms with Crippen molar-refractivity contribution in [1.82, 2.24) is 14.7 Å². The molecule has 2 aromatic carbocycles. The summed E-state index contributed by atoms with van der Waals surface area (Å²) in [4.78, 5) is 5.17. The number of para-hydroxylation sites is 1. The number of aromatic nitrogens is 2. The average Bonchev–Trinajstić information content (AvgIpc) is 3.22. The lowest BCUT2D eigenvalue weighted by atomic mass is 10.1. The number of hydrogen-bond acceptors (Lipinski definition) is 4. The van der Waals surface area contributed by atoms with Crippen molar-refractivity contribution in [2.45, 2.75) is 39.7 Å². The maximum absolute atomic E-state index is 5.31. The quantitative estimate of drug-likeness (QED) is 0.456. The lowest BCUT2D eigenvalue weighted by molar-refractivity contribution is 0.181. The number of piperazine rings is 1. The molecule has 3 aromatic rings. The van der Waals surface area contributed by atoms with Crippen molar-refractivity contribution < 1.29 is 4.74 Å². The highest BCUT2D eigenvalue weighted by molar-refractivity contribution is 5.56. The SMILES string of the molecule is COCc1cc(CCCCN2CCN(c3cccc(C)c3C)CC2)n(-c2ccccc2)n1. The highest BCUT2D eigenvalue weighted by Crippen LogP contribution is 2.24. The Morgan fingerprint density at radius 2 is 1.69 bits per heavy atom. The van der Waals surface area contributed by atoms with Crippen LogP contribution in [-0.4, -0.2) is 54.5 Å². The molecule has 0 N–H and O–H groups in total. The lowest BCUT2D eigenvalue weighted by Crippen LogP contribution is -2.46. The second-order valence-electron chi connectivity index (χ2n) is 8.81. The molecule has 4 rings (SSSR count). The lowest BCUT2D eigenvalue weighted by Gasteiger charge is -2.37. The number of anilines is 1. The molecule has 2 heterocycles. The van der Waals surface area contributed by atoms with Gasteiger partial charge in [-0.15, -0.1) is 0 Å². The standard InChI is InChI=1S/C27H36N4O/c1-22-10-9-14-27(23(22)2)30-18-16-29(17-19-30)15-8-7-13-26-20-24(21-32-3)28-31(26)25-11-5-4-6-12-25/h4-6,9-12,14,20H,7-8,13,15-19,21H2,1-3H3. The first kappa shape index (κ1) is 22.6. The number of hydrogen-bond donors (Lipinski definition) is 0. The van der Waals surface area contributed by atoms with Gasteiger partial charge in [0.2, 0.25) is 0 Å². The molecule has 5 heteroatoms. The van der Waals surface area contributed by atoms with E-state index in [4.69, 9.17) is 9.84 Å². The third-order valence-electron chi connectivity index (χ3n) is 6.57. The molecule has 170 valence electrons. The fourth-order valence-corrected chi connectivity index (χ4v) is 4.60. The molecule has 1 aliphatic rings. The van der Waals surface area contributed by atoms with Gasteiger partial charge in [-0.1, -0.05) is 30.3 Å². The summed E-state index contributed by atoms with van der Waals surface area (Å²) < 4.78 is 7.39. The molecule has 0 amide bonds. The zero-order chi connectivity index (χ0) is 22.3. The summed E-state index contributed by atoms with van der Waals surface area (Å²) in [5.74, 6) is 0. The first-order valence-electron chi connectivity index (χ1n) is 11.8. The Balaban J connectivity index is 1.27. The second-order valence-corrected chi connectivity index (χ2v) is 8.81. The van der Waals surface area contributed by atoms with Gasteiger partial charge in [0, 0.05) is 44.7 Å². The van der Waals surface area contributed by atoms with E-state index in [0.717, 1.165) is 44.0 Å². The van der Waals surface area contributed by atoms with Gasteiger partial charge in [-0.2, -0.15) is 5.10 Å². The minimum absolute atomic E-state index is 0.553. The zero-order valence-corrected chi connectivity index (χ0v) is 19.8. The van der Waals surface area contributed by atoms with Crippen LogP contribution in [0.2, 0.25) is 0 Å². The van der Waals surface area contributed by atoms with Gasteiger partial charge in [0.15, 0.2) is 0 Å². The predicted molar refractivity (Wildman–Crippen MR) is 132 cm³/mol. The van der Waals surface area contributed by atoms with E-state index in [9.17, 15) is 0 Å². The van der Waals surface area contributed by atoms with Crippen LogP contribution in [0.1, 0.15) is 35.4 Å². The van der Waals surface area contributed by atoms with Crippen molar-refractivity contribution in [2.75, 3.05) is 44.7 Å². The predicted octanol–water partition coefficient (Wildman–Crippen LogP) is 4.78. The van der Waals surface area contributed by atoms with E-state index in [1.807, 2.05) is 6.07 Å². The molecule has 1 aromatic heterocycles. The molecule has 0 bridgehead atoms. The summed E-state index contributed by atoms with van der Waals surface area (Å²) in [5, 5.41) is 4.76. The van der Waals surface area contributed by atoms with Crippen LogP contribution in [0, 0.1) is 13.8 Å². The fraction of sp³-hybridized carbons (Fsp3) is 0.444. The summed E-state index contributed by atoms with van der Waals surface area (Å²) in [6, 6.07) is 19.3. The summed E-state index contributed by atoms with van der Waals surface area (Å²) in [6.07, 6.45) is 3.42. The first-order chi connectivity index (χ1) is 15.7. The molecule has 0 atom stereocenters. The van der Waals surface area contributed by atoms with Crippen molar-refractivity contribution in [3.8, 4) is 5.69 Å². The monoisotopic (exact) mass is 432 g/mol. The number of ether oxygens (including phenoxy) is 1. The van der Waals surface area contributed by atoms with E-state index < -0.39 is 0 Å². The minimum Gasteiger partial charge on any atom is -0.378 e. The Kier molecular flexibility index (Phi) is 7.61. The molecule has 0 saturated carbocycles. The Hall–Kier alpha value is -2.63. The van der Waals surface area contributed by atoms with E-state index in [1.54, 1.807) is 7.11 Å². The van der Waals surface area contributed by atoms with Gasteiger partial charge in [0.05, 0.1) is 18.0 Å². The van der Waals surface area contributed by atoms with E-state index in [1.165, 1.54) is 41.9 Å². The molecule has 0 aliphatic carbocycles. The van der Waals surface area contributed by atoms with Crippen molar-refractivity contribution >= 4 is 5.69 Å². The van der Waals surface area contributed by atoms with E-state index in [2.05, 4.69) is 76.9 Å². The van der Waals surface area contributed by atoms with Crippen LogP contribution < -0.4 is 4.90 Å². The average molecular weight is 433 g/mol. The third kappa shape index (κ3) is 5.40. The number of rotatable bonds is 9. The van der Waals surface area contributed by atoms with Crippen LogP contribution in [0.4, 0.5) is 5.69 Å². The normalized spacial score (nSPS) is 14.8. The molecule has 0 unspecified atom stereocenters. The topological polar surface area (TPSA) is 33.5 Å². The molecule has 32 heavy (non-hydrogen) atoms. The Labute approximate surface area is 192 Å². The Morgan fingerprint density at radius 1 is 0.906 bits per heavy atom. The maximum Gasteiger partial charge on any atom is 0.0902 e. The number of nitrogens with zero attached hydrogens (tertiary/aromatic N) is 4. The highest BCUT2D eigenvalue weighted by atomic mass is 16.5. The summed E-state index contributed by atoms with van der Waals surface area (Å²) in [6.45, 7) is 10.7. The number of methoxy groups -OCH3 is 1. The molecular formula is C27H36N4O. The number of unbranched alkanes of at least 4 members (excludes halogenated alkanes) is 1. The molecule has 1 saturated heterocycles. The van der Waals surface area contributed by atoms with Crippen molar-refractivity contribution in [3.63, 3.8) is 0 Å². The van der Waals surface area contributed by atoms with E-state index >= 15 is 0 Å². The number of aryl methyl sites for hydroxylation is 2. The first-order valence-corrected chi connectivity index (χ1v) is 11.8. The Bertz CT molecular complexity index is 990. The highest BCUT2D eigenvalue weighted by Gasteiger charge is 2.18. The van der Waals surface area contributed by atoms with Gasteiger partial charge in [-0.3, -0.25) is 4.90 Å². The van der Waals surface area contributed by atoms with Gasteiger partial charge in [-0.05, 0) is 75.0 Å². The van der Waals surface area contributed by atoms with E-state index in [-0.39, 0.29) is 0 Å². The summed E-state index contributed by atoms with van der Waals surface area (Å²) in [5.41, 5.74) is 7.59. The van der Waals surface area contributed by atoms with Crippen molar-refractivity contribution in [3.05, 3.63) is 77.1 Å². The van der Waals surface area contributed by atoms with Gasteiger partial charge in [0.25, 0.3) is 0 Å². The molecule has 0 spiro atoms. The second kappa shape index (κ2) is 10.8. The van der Waals surface area contributed by atoms with Crippen LogP contribution in [0.3, 0.4) is 0 Å². The third-order valence-corrected chi connectivity index (χ3v) is 6.57. The van der Waals surface area contributed by atoms with Crippen molar-refractivity contribution in [2.24, 2.45) is 0 Å². The summed E-state index contributed by atoms with van der Waals surface area (Å²) >= 11 is 0. The van der Waals surface area contributed by atoms with Crippen LogP contribution in [0.25, 0.3) is 5.69 Å². The van der Waals surface area contributed by atoms with Crippen LogP contribution in [0.5, 0.6) is 0 Å². The van der Waals surface area contributed by atoms with E-state index in [0.29, 0.717) is 6.61 Å². The van der Waals surface area contributed by atoms with Crippen LogP contribution >= 0.6 is 0 Å². The van der Waals surface area contributed by atoms with Gasteiger partial charge in [-0.25, -0.2) is 4.68 Å². The molecular weight excluding hydrogens is 396 g/mol. The Morgan fingerprint density at radius 3 is 2.44 bits per heavy atom. The van der Waals surface area contributed by atoms with Gasteiger partial charge >= 0.3 is 0 Å². The maximum atomic E-state index is 5.31. The molecule has 5 nitrogen and oxygen atoms in total. The zero-order valence-electron chi connectivity index (χ0n) is 19.8. The molecule has 0 radical (unpaired) electrons. The summed E-state index contributed by atoms with van der Waals surface area (Å²) in [7, 11) is 1.72. The van der Waals surface area contributed by atoms with Crippen LogP contribution in [-0.2, 0) is 17.8 Å². The number of benzene rings is 2. The smallest absolute Gasteiger partial charge is 0.0902 e. The van der Waals surface area contributed by atoms with Gasteiger partial charge < -0.3 is 9.64 Å². The molecule has 1 fully saturated rings. The molecule has 1 aliphatic heterocycles. The van der Waals surface area contributed by atoms with Crippen LogP contribution in [0.15, 0.2) is 54.6 Å².